The molecular formula is C19H27N3O3. The van der Waals surface area contributed by atoms with Crippen molar-refractivity contribution in [2.75, 3.05) is 32.1 Å². The van der Waals surface area contributed by atoms with Gasteiger partial charge in [-0.2, -0.15) is 0 Å². The van der Waals surface area contributed by atoms with Gasteiger partial charge in [0.2, 0.25) is 5.91 Å². The van der Waals surface area contributed by atoms with E-state index in [0.717, 1.165) is 12.8 Å². The molecule has 0 aromatic heterocycles. The van der Waals surface area contributed by atoms with E-state index >= 15 is 0 Å². The maximum atomic E-state index is 12.6. The summed E-state index contributed by atoms with van der Waals surface area (Å²) in [4.78, 5) is 26.7. The number of benzene rings is 1. The second kappa shape index (κ2) is 8.45. The van der Waals surface area contributed by atoms with Crippen LogP contribution in [-0.2, 0) is 9.53 Å². The fraction of sp³-hybridized carbons (Fsp3) is 0.579. The second-order valence-corrected chi connectivity index (χ2v) is 6.86. The van der Waals surface area contributed by atoms with E-state index < -0.39 is 0 Å². The number of hydrogen-bond acceptors (Lipinski definition) is 4. The maximum Gasteiger partial charge on any atom is 0.253 e. The monoisotopic (exact) mass is 345 g/mol. The molecule has 2 aliphatic rings. The fourth-order valence-electron chi connectivity index (χ4n) is 3.50. The SMILES string of the molecule is CN(C(=O)c1ccc(NC(=O)C2COCCN2)cc1)C1CCCCC1. The molecule has 2 amide bonds. The molecule has 1 heterocycles. The molecule has 1 unspecified atom stereocenters. The van der Waals surface area contributed by atoms with Crippen LogP contribution in [-0.4, -0.2) is 55.6 Å². The first-order chi connectivity index (χ1) is 12.1. The summed E-state index contributed by atoms with van der Waals surface area (Å²) in [5.41, 5.74) is 1.35. The van der Waals surface area contributed by atoms with E-state index in [1.54, 1.807) is 24.3 Å². The van der Waals surface area contributed by atoms with Gasteiger partial charge in [-0.1, -0.05) is 19.3 Å². The number of rotatable bonds is 4. The van der Waals surface area contributed by atoms with Crippen LogP contribution in [0.25, 0.3) is 0 Å². The summed E-state index contributed by atoms with van der Waals surface area (Å²) in [6, 6.07) is 7.14. The highest BCUT2D eigenvalue weighted by atomic mass is 16.5. The molecule has 136 valence electrons. The van der Waals surface area contributed by atoms with Gasteiger partial charge >= 0.3 is 0 Å². The standard InChI is InChI=1S/C19H27N3O3/c1-22(16-5-3-2-4-6-16)19(24)14-7-9-15(10-8-14)21-18(23)17-13-25-12-11-20-17/h7-10,16-17,20H,2-6,11-13H2,1H3,(H,21,23). The zero-order chi connectivity index (χ0) is 17.6. The van der Waals surface area contributed by atoms with Gasteiger partial charge in [-0.05, 0) is 37.1 Å². The highest BCUT2D eigenvalue weighted by molar-refractivity contribution is 5.97. The van der Waals surface area contributed by atoms with Crippen molar-refractivity contribution in [3.63, 3.8) is 0 Å². The van der Waals surface area contributed by atoms with Gasteiger partial charge in [-0.15, -0.1) is 0 Å². The van der Waals surface area contributed by atoms with Crippen molar-refractivity contribution in [1.29, 1.82) is 0 Å². The fourth-order valence-corrected chi connectivity index (χ4v) is 3.50. The van der Waals surface area contributed by atoms with Gasteiger partial charge in [0.25, 0.3) is 5.91 Å². The van der Waals surface area contributed by atoms with Crippen LogP contribution < -0.4 is 10.6 Å². The number of morpholine rings is 1. The Bertz CT molecular complexity index is 590. The van der Waals surface area contributed by atoms with Crippen molar-refractivity contribution in [3.05, 3.63) is 29.8 Å². The van der Waals surface area contributed by atoms with Gasteiger partial charge in [0.1, 0.15) is 6.04 Å². The first-order valence-electron chi connectivity index (χ1n) is 9.14. The minimum atomic E-state index is -0.326. The number of nitrogens with zero attached hydrogens (tertiary/aromatic N) is 1. The predicted octanol–water partition coefficient (Wildman–Crippen LogP) is 2.02. The van der Waals surface area contributed by atoms with Crippen LogP contribution in [0.1, 0.15) is 42.5 Å². The molecule has 0 radical (unpaired) electrons. The van der Waals surface area contributed by atoms with Crippen LogP contribution in [0.2, 0.25) is 0 Å². The topological polar surface area (TPSA) is 70.7 Å². The van der Waals surface area contributed by atoms with E-state index in [1.807, 2.05) is 11.9 Å². The van der Waals surface area contributed by atoms with Gasteiger partial charge in [0.15, 0.2) is 0 Å². The minimum Gasteiger partial charge on any atom is -0.378 e. The molecule has 1 aliphatic heterocycles. The van der Waals surface area contributed by atoms with Crippen LogP contribution >= 0.6 is 0 Å². The lowest BCUT2D eigenvalue weighted by Crippen LogP contribution is -2.48. The van der Waals surface area contributed by atoms with Gasteiger partial charge in [-0.3, -0.25) is 9.59 Å². The summed E-state index contributed by atoms with van der Waals surface area (Å²) in [5.74, 6) is -0.0646. The summed E-state index contributed by atoms with van der Waals surface area (Å²) in [6.07, 6.45) is 5.85. The Kier molecular flexibility index (Phi) is 6.04. The Hall–Kier alpha value is -1.92. The van der Waals surface area contributed by atoms with E-state index in [-0.39, 0.29) is 17.9 Å². The molecular weight excluding hydrogens is 318 g/mol. The van der Waals surface area contributed by atoms with Crippen molar-refractivity contribution < 1.29 is 14.3 Å². The molecule has 25 heavy (non-hydrogen) atoms. The minimum absolute atomic E-state index is 0.0483. The van der Waals surface area contributed by atoms with Crippen molar-refractivity contribution in [2.45, 2.75) is 44.2 Å². The largest absolute Gasteiger partial charge is 0.378 e. The summed E-state index contributed by atoms with van der Waals surface area (Å²) in [6.45, 7) is 1.70. The Morgan fingerprint density at radius 2 is 1.88 bits per heavy atom. The van der Waals surface area contributed by atoms with Gasteiger partial charge < -0.3 is 20.3 Å². The third kappa shape index (κ3) is 4.58. The smallest absolute Gasteiger partial charge is 0.253 e. The molecule has 2 N–H and O–H groups in total. The van der Waals surface area contributed by atoms with E-state index in [4.69, 9.17) is 4.74 Å². The highest BCUT2D eigenvalue weighted by Crippen LogP contribution is 2.23. The number of hydrogen-bond donors (Lipinski definition) is 2. The third-order valence-electron chi connectivity index (χ3n) is 5.08. The first kappa shape index (κ1) is 17.9. The maximum absolute atomic E-state index is 12.6. The van der Waals surface area contributed by atoms with Crippen LogP contribution in [0.15, 0.2) is 24.3 Å². The van der Waals surface area contributed by atoms with E-state index in [9.17, 15) is 9.59 Å². The molecule has 6 nitrogen and oxygen atoms in total. The number of carbonyl (C=O) groups excluding carboxylic acids is 2. The lowest BCUT2D eigenvalue weighted by atomic mass is 9.94. The number of nitrogens with one attached hydrogen (secondary N) is 2. The second-order valence-electron chi connectivity index (χ2n) is 6.86. The number of carbonyl (C=O) groups is 2. The zero-order valence-electron chi connectivity index (χ0n) is 14.8. The normalized spacial score (nSPS) is 21.6. The number of amides is 2. The first-order valence-corrected chi connectivity index (χ1v) is 9.14. The summed E-state index contributed by atoms with van der Waals surface area (Å²) in [7, 11) is 1.89. The molecule has 0 bridgehead atoms. The molecule has 1 aromatic rings. The van der Waals surface area contributed by atoms with Crippen molar-refractivity contribution in [2.24, 2.45) is 0 Å². The highest BCUT2D eigenvalue weighted by Gasteiger charge is 2.23. The quantitative estimate of drug-likeness (QED) is 0.876. The molecule has 1 saturated heterocycles. The van der Waals surface area contributed by atoms with Crippen LogP contribution in [0.4, 0.5) is 5.69 Å². The van der Waals surface area contributed by atoms with Gasteiger partial charge in [-0.25, -0.2) is 0 Å². The van der Waals surface area contributed by atoms with Crippen LogP contribution in [0.5, 0.6) is 0 Å². The average molecular weight is 345 g/mol. The molecule has 1 aromatic carbocycles. The Balaban J connectivity index is 1.57. The molecule has 1 atom stereocenters. The molecule has 1 aliphatic carbocycles. The summed E-state index contributed by atoms with van der Waals surface area (Å²) < 4.78 is 5.30. The Labute approximate surface area is 148 Å². The number of ether oxygens (including phenoxy) is 1. The summed E-state index contributed by atoms with van der Waals surface area (Å²) >= 11 is 0. The van der Waals surface area contributed by atoms with Crippen molar-refractivity contribution in [3.8, 4) is 0 Å². The Morgan fingerprint density at radius 3 is 2.52 bits per heavy atom. The molecule has 0 spiro atoms. The zero-order valence-corrected chi connectivity index (χ0v) is 14.8. The lowest BCUT2D eigenvalue weighted by molar-refractivity contribution is -0.120. The molecule has 2 fully saturated rings. The summed E-state index contributed by atoms with van der Waals surface area (Å²) in [5, 5.41) is 5.99. The van der Waals surface area contributed by atoms with Crippen LogP contribution in [0, 0.1) is 0 Å². The molecule has 3 rings (SSSR count). The van der Waals surface area contributed by atoms with Crippen LogP contribution in [0.3, 0.4) is 0 Å². The lowest BCUT2D eigenvalue weighted by Gasteiger charge is -2.31. The van der Waals surface area contributed by atoms with E-state index in [0.29, 0.717) is 37.1 Å². The van der Waals surface area contributed by atoms with Gasteiger partial charge in [0.05, 0.1) is 13.2 Å². The number of anilines is 1. The molecule has 1 saturated carbocycles. The Morgan fingerprint density at radius 1 is 1.16 bits per heavy atom. The molecule has 6 heteroatoms. The van der Waals surface area contributed by atoms with Gasteiger partial charge in [0, 0.05) is 30.9 Å². The van der Waals surface area contributed by atoms with Crippen molar-refractivity contribution in [1.82, 2.24) is 10.2 Å². The van der Waals surface area contributed by atoms with E-state index in [1.165, 1.54) is 19.3 Å². The average Bonchev–Trinajstić information content (AvgIpc) is 2.69. The van der Waals surface area contributed by atoms with Crippen molar-refractivity contribution >= 4 is 17.5 Å². The van der Waals surface area contributed by atoms with E-state index in [2.05, 4.69) is 10.6 Å². The predicted molar refractivity (Wildman–Crippen MR) is 96.6 cm³/mol. The third-order valence-corrected chi connectivity index (χ3v) is 5.08.